The van der Waals surface area contributed by atoms with Gasteiger partial charge >= 0.3 is 0 Å². The number of aryl methyl sites for hydroxylation is 2. The van der Waals surface area contributed by atoms with Crippen molar-refractivity contribution in [3.05, 3.63) is 35.1 Å². The number of benzene rings is 1. The topological polar surface area (TPSA) is 0 Å². The van der Waals surface area contributed by atoms with Crippen molar-refractivity contribution in [2.75, 3.05) is 0 Å². The molecule has 0 atom stereocenters. The molecular formula is C12H17F. The number of unbranched alkanes of at least 4 members (excludes halogenated alkanes) is 1. The fourth-order valence-corrected chi connectivity index (χ4v) is 1.41. The molecule has 0 bridgehead atoms. The molecule has 1 rings (SSSR count). The third-order valence-electron chi connectivity index (χ3n) is 2.32. The smallest absolute Gasteiger partial charge is 0.126 e. The van der Waals surface area contributed by atoms with Crippen molar-refractivity contribution >= 4 is 0 Å². The van der Waals surface area contributed by atoms with Crippen molar-refractivity contribution in [3.8, 4) is 0 Å². The molecule has 1 heteroatoms. The maximum atomic E-state index is 13.3. The lowest BCUT2D eigenvalue weighted by molar-refractivity contribution is 0.608. The maximum absolute atomic E-state index is 13.3. The first kappa shape index (κ1) is 10.2. The van der Waals surface area contributed by atoms with E-state index < -0.39 is 0 Å². The number of halogens is 1. The van der Waals surface area contributed by atoms with Gasteiger partial charge in [-0.3, -0.25) is 0 Å². The van der Waals surface area contributed by atoms with E-state index in [0.29, 0.717) is 0 Å². The molecule has 72 valence electrons. The largest absolute Gasteiger partial charge is 0.207 e. The van der Waals surface area contributed by atoms with Gasteiger partial charge in [-0.2, -0.15) is 0 Å². The molecule has 0 amide bonds. The van der Waals surface area contributed by atoms with Crippen molar-refractivity contribution in [1.82, 2.24) is 0 Å². The Labute approximate surface area is 79.8 Å². The van der Waals surface area contributed by atoms with Gasteiger partial charge in [-0.05, 0) is 36.5 Å². The van der Waals surface area contributed by atoms with Crippen LogP contribution in [0.3, 0.4) is 0 Å². The van der Waals surface area contributed by atoms with Gasteiger partial charge in [0.2, 0.25) is 0 Å². The predicted octanol–water partition coefficient (Wildman–Crippen LogP) is 3.73. The lowest BCUT2D eigenvalue weighted by Gasteiger charge is -2.03. The Bertz CT molecular complexity index is 266. The van der Waals surface area contributed by atoms with Crippen LogP contribution in [-0.4, -0.2) is 0 Å². The van der Waals surface area contributed by atoms with Crippen molar-refractivity contribution < 1.29 is 4.39 Å². The number of rotatable bonds is 4. The Balaban J connectivity index is 2.71. The molecule has 0 saturated carbocycles. The van der Waals surface area contributed by atoms with Gasteiger partial charge < -0.3 is 0 Å². The summed E-state index contributed by atoms with van der Waals surface area (Å²) in [5, 5.41) is 0. The minimum atomic E-state index is -0.0453. The summed E-state index contributed by atoms with van der Waals surface area (Å²) >= 11 is 0. The van der Waals surface area contributed by atoms with Crippen molar-refractivity contribution in [2.45, 2.75) is 39.5 Å². The van der Waals surface area contributed by atoms with Crippen LogP contribution in [0.4, 0.5) is 4.39 Å². The van der Waals surface area contributed by atoms with Gasteiger partial charge in [0.05, 0.1) is 0 Å². The van der Waals surface area contributed by atoms with E-state index >= 15 is 0 Å². The fourth-order valence-electron chi connectivity index (χ4n) is 1.41. The summed E-state index contributed by atoms with van der Waals surface area (Å²) in [6.45, 7) is 4.13. The standard InChI is InChI=1S/C12H17F/c1-3-5-6-10-7-8-11(4-2)12(13)9-10/h7-9H,3-6H2,1-2H3. The summed E-state index contributed by atoms with van der Waals surface area (Å²) in [4.78, 5) is 0. The van der Waals surface area contributed by atoms with Crippen LogP contribution in [0.2, 0.25) is 0 Å². The van der Waals surface area contributed by atoms with Crippen LogP contribution >= 0.6 is 0 Å². The van der Waals surface area contributed by atoms with Crippen LogP contribution in [0.5, 0.6) is 0 Å². The maximum Gasteiger partial charge on any atom is 0.126 e. The Kier molecular flexibility index (Phi) is 3.94. The molecule has 0 N–H and O–H groups in total. The Morgan fingerprint density at radius 3 is 2.54 bits per heavy atom. The molecule has 0 unspecified atom stereocenters. The van der Waals surface area contributed by atoms with Crippen LogP contribution in [0.1, 0.15) is 37.8 Å². The van der Waals surface area contributed by atoms with Gasteiger partial charge in [-0.25, -0.2) is 4.39 Å². The first-order chi connectivity index (χ1) is 6.27. The molecule has 0 spiro atoms. The average Bonchev–Trinajstić information content (AvgIpc) is 2.15. The van der Waals surface area contributed by atoms with E-state index in [9.17, 15) is 4.39 Å². The van der Waals surface area contributed by atoms with Crippen molar-refractivity contribution in [3.63, 3.8) is 0 Å². The van der Waals surface area contributed by atoms with Crippen LogP contribution in [0, 0.1) is 5.82 Å². The number of hydrogen-bond acceptors (Lipinski definition) is 0. The monoisotopic (exact) mass is 180 g/mol. The summed E-state index contributed by atoms with van der Waals surface area (Å²) in [6.07, 6.45) is 4.08. The summed E-state index contributed by atoms with van der Waals surface area (Å²) in [5.41, 5.74) is 1.94. The van der Waals surface area contributed by atoms with E-state index in [2.05, 4.69) is 6.92 Å². The molecular weight excluding hydrogens is 163 g/mol. The molecule has 0 aliphatic rings. The third kappa shape index (κ3) is 2.83. The molecule has 0 saturated heterocycles. The van der Waals surface area contributed by atoms with Crippen molar-refractivity contribution in [1.29, 1.82) is 0 Å². The Hall–Kier alpha value is -0.850. The highest BCUT2D eigenvalue weighted by atomic mass is 19.1. The van der Waals surface area contributed by atoms with E-state index in [1.165, 1.54) is 0 Å². The molecule has 0 aliphatic heterocycles. The first-order valence-electron chi connectivity index (χ1n) is 5.05. The second kappa shape index (κ2) is 5.00. The minimum Gasteiger partial charge on any atom is -0.207 e. The van der Waals surface area contributed by atoms with E-state index in [1.807, 2.05) is 19.1 Å². The average molecular weight is 180 g/mol. The summed E-state index contributed by atoms with van der Waals surface area (Å²) in [6, 6.07) is 5.62. The van der Waals surface area contributed by atoms with Gasteiger partial charge in [0.1, 0.15) is 5.82 Å². The molecule has 1 aromatic carbocycles. The SMILES string of the molecule is CCCCc1ccc(CC)c(F)c1. The van der Waals surface area contributed by atoms with Gasteiger partial charge in [0.25, 0.3) is 0 Å². The number of hydrogen-bond donors (Lipinski definition) is 0. The second-order valence-electron chi connectivity index (χ2n) is 3.38. The Morgan fingerprint density at radius 2 is 2.00 bits per heavy atom. The third-order valence-corrected chi connectivity index (χ3v) is 2.32. The molecule has 0 aromatic heterocycles. The second-order valence-corrected chi connectivity index (χ2v) is 3.38. The zero-order chi connectivity index (χ0) is 9.68. The first-order valence-corrected chi connectivity index (χ1v) is 5.05. The fraction of sp³-hybridized carbons (Fsp3) is 0.500. The molecule has 0 fully saturated rings. The van der Waals surface area contributed by atoms with E-state index in [-0.39, 0.29) is 5.82 Å². The molecule has 1 aromatic rings. The highest BCUT2D eigenvalue weighted by Gasteiger charge is 2.00. The zero-order valence-corrected chi connectivity index (χ0v) is 8.44. The highest BCUT2D eigenvalue weighted by molar-refractivity contribution is 5.24. The molecule has 0 radical (unpaired) electrons. The minimum absolute atomic E-state index is 0.0453. The lowest BCUT2D eigenvalue weighted by Crippen LogP contribution is -1.91. The lowest BCUT2D eigenvalue weighted by atomic mass is 10.0. The van der Waals surface area contributed by atoms with E-state index in [0.717, 1.165) is 36.8 Å². The van der Waals surface area contributed by atoms with Crippen LogP contribution in [0.25, 0.3) is 0 Å². The molecule has 0 heterocycles. The summed E-state index contributed by atoms with van der Waals surface area (Å²) < 4.78 is 13.3. The van der Waals surface area contributed by atoms with Crippen LogP contribution in [0.15, 0.2) is 18.2 Å². The molecule has 13 heavy (non-hydrogen) atoms. The van der Waals surface area contributed by atoms with Gasteiger partial charge in [0.15, 0.2) is 0 Å². The normalized spacial score (nSPS) is 10.4. The van der Waals surface area contributed by atoms with E-state index in [4.69, 9.17) is 0 Å². The zero-order valence-electron chi connectivity index (χ0n) is 8.44. The van der Waals surface area contributed by atoms with Gasteiger partial charge in [-0.15, -0.1) is 0 Å². The molecule has 0 nitrogen and oxygen atoms in total. The van der Waals surface area contributed by atoms with Crippen LogP contribution < -0.4 is 0 Å². The van der Waals surface area contributed by atoms with Gasteiger partial charge in [0, 0.05) is 0 Å². The highest BCUT2D eigenvalue weighted by Crippen LogP contribution is 2.12. The Morgan fingerprint density at radius 1 is 1.23 bits per heavy atom. The van der Waals surface area contributed by atoms with Gasteiger partial charge in [-0.1, -0.05) is 32.4 Å². The predicted molar refractivity (Wildman–Crippen MR) is 54.4 cm³/mol. The molecule has 0 aliphatic carbocycles. The summed E-state index contributed by atoms with van der Waals surface area (Å²) in [5.74, 6) is -0.0453. The van der Waals surface area contributed by atoms with Crippen LogP contribution in [-0.2, 0) is 12.8 Å². The van der Waals surface area contributed by atoms with E-state index in [1.54, 1.807) is 6.07 Å². The van der Waals surface area contributed by atoms with Crippen molar-refractivity contribution in [2.24, 2.45) is 0 Å². The summed E-state index contributed by atoms with van der Waals surface area (Å²) in [7, 11) is 0. The quantitative estimate of drug-likeness (QED) is 0.662.